The first-order valence-electron chi connectivity index (χ1n) is 4.17. The minimum absolute atomic E-state index is 0.419. The lowest BCUT2D eigenvalue weighted by atomic mass is 10.1. The summed E-state index contributed by atoms with van der Waals surface area (Å²) in [6, 6.07) is 0. The van der Waals surface area contributed by atoms with Crippen LogP contribution in [-0.2, 0) is 6.42 Å². The van der Waals surface area contributed by atoms with Crippen LogP contribution < -0.4 is 0 Å². The highest BCUT2D eigenvalue weighted by molar-refractivity contribution is 6.68. The van der Waals surface area contributed by atoms with E-state index in [1.807, 2.05) is 13.8 Å². The van der Waals surface area contributed by atoms with Crippen LogP contribution in [0.25, 0.3) is 0 Å². The minimum atomic E-state index is -0.491. The van der Waals surface area contributed by atoms with Crippen molar-refractivity contribution >= 4 is 16.8 Å². The molecule has 1 heterocycles. The lowest BCUT2D eigenvalue weighted by Crippen LogP contribution is -1.99. The molecule has 0 saturated heterocycles. The molecule has 0 amide bonds. The van der Waals surface area contributed by atoms with Crippen LogP contribution in [0.15, 0.2) is 4.52 Å². The number of carbonyl (C=O) groups is 1. The lowest BCUT2D eigenvalue weighted by molar-refractivity contribution is 0.107. The smallest absolute Gasteiger partial charge is 0.257 e. The third kappa shape index (κ3) is 2.31. The second-order valence-electron chi connectivity index (χ2n) is 3.44. The van der Waals surface area contributed by atoms with Gasteiger partial charge in [-0.3, -0.25) is 4.79 Å². The Morgan fingerprint density at radius 2 is 2.23 bits per heavy atom. The number of aryl methyl sites for hydroxylation is 1. The first kappa shape index (κ1) is 10.3. The molecular weight excluding hydrogens is 190 g/mol. The zero-order valence-corrected chi connectivity index (χ0v) is 8.68. The van der Waals surface area contributed by atoms with E-state index in [1.54, 1.807) is 6.92 Å². The second-order valence-corrected chi connectivity index (χ2v) is 3.78. The summed E-state index contributed by atoms with van der Waals surface area (Å²) < 4.78 is 5.01. The van der Waals surface area contributed by atoms with Gasteiger partial charge in [-0.05, 0) is 24.4 Å². The fourth-order valence-electron chi connectivity index (χ4n) is 1.18. The van der Waals surface area contributed by atoms with Gasteiger partial charge in [0.15, 0.2) is 0 Å². The summed E-state index contributed by atoms with van der Waals surface area (Å²) in [5, 5.41) is 3.22. The Morgan fingerprint density at radius 3 is 2.69 bits per heavy atom. The van der Waals surface area contributed by atoms with Gasteiger partial charge >= 0.3 is 0 Å². The number of carbonyl (C=O) groups excluding carboxylic acids is 1. The van der Waals surface area contributed by atoms with E-state index in [1.165, 1.54) is 0 Å². The number of aromatic nitrogens is 1. The van der Waals surface area contributed by atoms with E-state index in [2.05, 4.69) is 5.16 Å². The van der Waals surface area contributed by atoms with Crippen molar-refractivity contribution in [1.29, 1.82) is 0 Å². The summed E-state index contributed by atoms with van der Waals surface area (Å²) in [5.74, 6) is 1.01. The number of rotatable bonds is 3. The molecule has 0 unspecified atom stereocenters. The van der Waals surface area contributed by atoms with Gasteiger partial charge in [0.2, 0.25) is 0 Å². The third-order valence-corrected chi connectivity index (χ3v) is 1.91. The maximum atomic E-state index is 11.0. The van der Waals surface area contributed by atoms with Gasteiger partial charge in [-0.15, -0.1) is 0 Å². The fourth-order valence-corrected chi connectivity index (χ4v) is 1.42. The predicted octanol–water partition coefficient (Wildman–Crippen LogP) is 2.56. The van der Waals surface area contributed by atoms with Crippen molar-refractivity contribution in [2.75, 3.05) is 0 Å². The van der Waals surface area contributed by atoms with Crippen LogP contribution in [0.2, 0.25) is 0 Å². The molecule has 0 aliphatic carbocycles. The highest BCUT2D eigenvalue weighted by Gasteiger charge is 2.18. The molecule has 0 aromatic carbocycles. The van der Waals surface area contributed by atoms with Crippen LogP contribution in [0.4, 0.5) is 0 Å². The van der Waals surface area contributed by atoms with Crippen molar-refractivity contribution in [2.45, 2.75) is 27.2 Å². The molecule has 0 fully saturated rings. The zero-order valence-electron chi connectivity index (χ0n) is 7.93. The van der Waals surface area contributed by atoms with E-state index in [-0.39, 0.29) is 0 Å². The largest absolute Gasteiger partial charge is 0.360 e. The van der Waals surface area contributed by atoms with Gasteiger partial charge in [0.1, 0.15) is 5.76 Å². The van der Waals surface area contributed by atoms with Crippen LogP contribution in [0.5, 0.6) is 0 Å². The van der Waals surface area contributed by atoms with Crippen molar-refractivity contribution in [3.8, 4) is 0 Å². The molecule has 0 spiro atoms. The average Bonchev–Trinajstić information content (AvgIpc) is 2.30. The van der Waals surface area contributed by atoms with Gasteiger partial charge in [-0.1, -0.05) is 19.0 Å². The van der Waals surface area contributed by atoms with Crippen LogP contribution in [0, 0.1) is 12.8 Å². The molecular formula is C9H12ClNO2. The highest BCUT2D eigenvalue weighted by Crippen LogP contribution is 2.19. The van der Waals surface area contributed by atoms with Crippen LogP contribution in [0.3, 0.4) is 0 Å². The lowest BCUT2D eigenvalue weighted by Gasteiger charge is -2.00. The van der Waals surface area contributed by atoms with Crippen molar-refractivity contribution in [3.05, 3.63) is 17.0 Å². The molecule has 3 nitrogen and oxygen atoms in total. The van der Waals surface area contributed by atoms with E-state index in [0.29, 0.717) is 29.4 Å². The van der Waals surface area contributed by atoms with Crippen LogP contribution in [0.1, 0.15) is 35.7 Å². The Morgan fingerprint density at radius 1 is 1.62 bits per heavy atom. The predicted molar refractivity (Wildman–Crippen MR) is 50.0 cm³/mol. The summed E-state index contributed by atoms with van der Waals surface area (Å²) >= 11 is 5.40. The van der Waals surface area contributed by atoms with E-state index < -0.39 is 5.24 Å². The zero-order chi connectivity index (χ0) is 10.0. The molecule has 1 rings (SSSR count). The van der Waals surface area contributed by atoms with Gasteiger partial charge in [0, 0.05) is 6.42 Å². The first-order chi connectivity index (χ1) is 6.02. The molecule has 72 valence electrons. The molecule has 1 aromatic rings. The van der Waals surface area contributed by atoms with Crippen molar-refractivity contribution in [2.24, 2.45) is 5.92 Å². The molecule has 0 N–H and O–H groups in total. The van der Waals surface area contributed by atoms with Gasteiger partial charge in [0.05, 0.1) is 11.3 Å². The van der Waals surface area contributed by atoms with Gasteiger partial charge in [-0.25, -0.2) is 0 Å². The average molecular weight is 202 g/mol. The Labute approximate surface area is 82.1 Å². The molecule has 0 atom stereocenters. The molecule has 0 bridgehead atoms. The van der Waals surface area contributed by atoms with Crippen molar-refractivity contribution in [3.63, 3.8) is 0 Å². The molecule has 13 heavy (non-hydrogen) atoms. The molecule has 0 aliphatic heterocycles. The quantitative estimate of drug-likeness (QED) is 0.706. The van der Waals surface area contributed by atoms with Crippen molar-refractivity contribution in [1.82, 2.24) is 5.16 Å². The maximum Gasteiger partial charge on any atom is 0.257 e. The number of hydrogen-bond donors (Lipinski definition) is 0. The normalized spacial score (nSPS) is 10.8. The van der Waals surface area contributed by atoms with E-state index in [9.17, 15) is 4.79 Å². The number of hydrogen-bond acceptors (Lipinski definition) is 3. The van der Waals surface area contributed by atoms with Crippen molar-refractivity contribution < 1.29 is 9.32 Å². The summed E-state index contributed by atoms with van der Waals surface area (Å²) in [5.41, 5.74) is 0.992. The SMILES string of the molecule is Cc1noc(CC(C)C)c1C(=O)Cl. The Hall–Kier alpha value is -0.830. The second kappa shape index (κ2) is 3.92. The minimum Gasteiger partial charge on any atom is -0.360 e. The Balaban J connectivity index is 3.00. The molecule has 0 saturated carbocycles. The summed E-state index contributed by atoms with van der Waals surface area (Å²) in [7, 11) is 0. The van der Waals surface area contributed by atoms with E-state index in [0.717, 1.165) is 0 Å². The molecule has 0 aliphatic rings. The first-order valence-corrected chi connectivity index (χ1v) is 4.55. The van der Waals surface area contributed by atoms with Crippen LogP contribution in [-0.4, -0.2) is 10.4 Å². The molecule has 0 radical (unpaired) electrons. The number of halogens is 1. The summed E-state index contributed by atoms with van der Waals surface area (Å²) in [6.45, 7) is 5.80. The Kier molecular flexibility index (Phi) is 3.09. The monoisotopic (exact) mass is 201 g/mol. The van der Waals surface area contributed by atoms with Crippen LogP contribution >= 0.6 is 11.6 Å². The highest BCUT2D eigenvalue weighted by atomic mass is 35.5. The van der Waals surface area contributed by atoms with Gasteiger partial charge in [-0.2, -0.15) is 0 Å². The summed E-state index contributed by atoms with van der Waals surface area (Å²) in [6.07, 6.45) is 0.689. The fraction of sp³-hybridized carbons (Fsp3) is 0.556. The standard InChI is InChI=1S/C9H12ClNO2/c1-5(2)4-7-8(9(10)12)6(3)11-13-7/h5H,4H2,1-3H3. The van der Waals surface area contributed by atoms with Gasteiger partial charge in [0.25, 0.3) is 5.24 Å². The summed E-state index contributed by atoms with van der Waals surface area (Å²) in [4.78, 5) is 11.0. The van der Waals surface area contributed by atoms with E-state index >= 15 is 0 Å². The topological polar surface area (TPSA) is 43.1 Å². The number of nitrogens with zero attached hydrogens (tertiary/aromatic N) is 1. The molecule has 4 heteroatoms. The van der Waals surface area contributed by atoms with Gasteiger partial charge < -0.3 is 4.52 Å². The Bertz CT molecular complexity index is 317. The maximum absolute atomic E-state index is 11.0. The third-order valence-electron chi connectivity index (χ3n) is 1.72. The molecule has 1 aromatic heterocycles. The van der Waals surface area contributed by atoms with E-state index in [4.69, 9.17) is 16.1 Å².